The van der Waals surface area contributed by atoms with Crippen molar-refractivity contribution in [3.05, 3.63) is 66.7 Å². The van der Waals surface area contributed by atoms with Crippen molar-refractivity contribution in [2.75, 3.05) is 29.4 Å². The first-order valence-electron chi connectivity index (χ1n) is 9.37. The molecule has 4 nitrogen and oxygen atoms in total. The maximum absolute atomic E-state index is 4.93. The van der Waals surface area contributed by atoms with Crippen LogP contribution in [0.2, 0.25) is 0 Å². The Bertz CT molecular complexity index is 843. The summed E-state index contributed by atoms with van der Waals surface area (Å²) in [5.41, 5.74) is 3.26. The van der Waals surface area contributed by atoms with Gasteiger partial charge in [0, 0.05) is 37.0 Å². The molecule has 0 atom stereocenters. The summed E-state index contributed by atoms with van der Waals surface area (Å²) in [6.07, 6.45) is 2.43. The zero-order chi connectivity index (χ0) is 17.8. The predicted molar refractivity (Wildman–Crippen MR) is 108 cm³/mol. The van der Waals surface area contributed by atoms with Crippen molar-refractivity contribution in [2.24, 2.45) is 0 Å². The SMILES string of the molecule is CCN(c1ccccc1)c1cc(-c2ccccc2)nc(N2CCCC2)n1. The van der Waals surface area contributed by atoms with Gasteiger partial charge in [0.1, 0.15) is 5.82 Å². The van der Waals surface area contributed by atoms with E-state index in [-0.39, 0.29) is 0 Å². The maximum Gasteiger partial charge on any atom is 0.227 e. The molecule has 1 aliphatic rings. The fourth-order valence-electron chi connectivity index (χ4n) is 3.46. The lowest BCUT2D eigenvalue weighted by atomic mass is 10.1. The monoisotopic (exact) mass is 344 g/mol. The number of para-hydroxylation sites is 1. The van der Waals surface area contributed by atoms with Crippen molar-refractivity contribution in [3.8, 4) is 11.3 Å². The molecule has 0 amide bonds. The first-order chi connectivity index (χ1) is 12.8. The van der Waals surface area contributed by atoms with E-state index in [1.807, 2.05) is 12.1 Å². The third kappa shape index (κ3) is 3.40. The van der Waals surface area contributed by atoms with Gasteiger partial charge in [0.2, 0.25) is 5.95 Å². The van der Waals surface area contributed by atoms with Crippen molar-refractivity contribution in [3.63, 3.8) is 0 Å². The molecule has 0 aliphatic carbocycles. The fraction of sp³-hybridized carbons (Fsp3) is 0.273. The summed E-state index contributed by atoms with van der Waals surface area (Å²) in [5, 5.41) is 0. The summed E-state index contributed by atoms with van der Waals surface area (Å²) < 4.78 is 0. The van der Waals surface area contributed by atoms with E-state index in [4.69, 9.17) is 9.97 Å². The average molecular weight is 344 g/mol. The van der Waals surface area contributed by atoms with Gasteiger partial charge in [-0.3, -0.25) is 0 Å². The normalized spacial score (nSPS) is 13.8. The Morgan fingerprint density at radius 3 is 2.19 bits per heavy atom. The predicted octanol–water partition coefficient (Wildman–Crippen LogP) is 4.90. The van der Waals surface area contributed by atoms with Gasteiger partial charge in [0.25, 0.3) is 0 Å². The van der Waals surface area contributed by atoms with Crippen molar-refractivity contribution in [1.29, 1.82) is 0 Å². The van der Waals surface area contributed by atoms with Gasteiger partial charge in [-0.15, -0.1) is 0 Å². The molecule has 0 spiro atoms. The van der Waals surface area contributed by atoms with Crippen LogP contribution in [0.15, 0.2) is 66.7 Å². The largest absolute Gasteiger partial charge is 0.341 e. The molecule has 2 aromatic carbocycles. The molecule has 0 unspecified atom stereocenters. The molecule has 4 heteroatoms. The molecule has 2 heterocycles. The molecule has 26 heavy (non-hydrogen) atoms. The van der Waals surface area contributed by atoms with Gasteiger partial charge in [-0.2, -0.15) is 4.98 Å². The summed E-state index contributed by atoms with van der Waals surface area (Å²) in [5.74, 6) is 1.79. The Labute approximate surface area is 155 Å². The lowest BCUT2D eigenvalue weighted by Gasteiger charge is -2.25. The smallest absolute Gasteiger partial charge is 0.227 e. The second kappa shape index (κ2) is 7.56. The molecule has 132 valence electrons. The van der Waals surface area contributed by atoms with Crippen molar-refractivity contribution >= 4 is 17.5 Å². The highest BCUT2D eigenvalue weighted by Gasteiger charge is 2.19. The highest BCUT2D eigenvalue weighted by molar-refractivity contribution is 5.69. The second-order valence-electron chi connectivity index (χ2n) is 6.55. The van der Waals surface area contributed by atoms with Gasteiger partial charge >= 0.3 is 0 Å². The van der Waals surface area contributed by atoms with Crippen molar-refractivity contribution in [1.82, 2.24) is 9.97 Å². The third-order valence-electron chi connectivity index (χ3n) is 4.82. The standard InChI is InChI=1S/C22H24N4/c1-2-26(19-13-7-4-8-14-19)21-17-20(18-11-5-3-6-12-18)23-22(24-21)25-15-9-10-16-25/h3-8,11-14,17H,2,9-10,15-16H2,1H3. The summed E-state index contributed by atoms with van der Waals surface area (Å²) >= 11 is 0. The number of anilines is 3. The van der Waals surface area contributed by atoms with E-state index in [0.29, 0.717) is 0 Å². The molecule has 0 bridgehead atoms. The molecule has 0 N–H and O–H groups in total. The quantitative estimate of drug-likeness (QED) is 0.659. The molecule has 3 aromatic rings. The topological polar surface area (TPSA) is 32.3 Å². The van der Waals surface area contributed by atoms with E-state index >= 15 is 0 Å². The number of rotatable bonds is 5. The Morgan fingerprint density at radius 1 is 0.885 bits per heavy atom. The van der Waals surface area contributed by atoms with Crippen LogP contribution in [0.5, 0.6) is 0 Å². The molecule has 1 fully saturated rings. The second-order valence-corrected chi connectivity index (χ2v) is 6.55. The van der Waals surface area contributed by atoms with E-state index in [9.17, 15) is 0 Å². The first kappa shape index (κ1) is 16.6. The Balaban J connectivity index is 1.81. The van der Waals surface area contributed by atoms with Gasteiger partial charge in [-0.05, 0) is 31.9 Å². The zero-order valence-electron chi connectivity index (χ0n) is 15.2. The first-order valence-corrected chi connectivity index (χ1v) is 9.37. The van der Waals surface area contributed by atoms with Gasteiger partial charge in [0.05, 0.1) is 5.69 Å². The van der Waals surface area contributed by atoms with Gasteiger partial charge in [0.15, 0.2) is 0 Å². The highest BCUT2D eigenvalue weighted by atomic mass is 15.3. The van der Waals surface area contributed by atoms with Crippen LogP contribution in [0.1, 0.15) is 19.8 Å². The van der Waals surface area contributed by atoms with Crippen LogP contribution in [0, 0.1) is 0 Å². The average Bonchev–Trinajstić information content (AvgIpc) is 3.25. The number of nitrogens with zero attached hydrogens (tertiary/aromatic N) is 4. The Morgan fingerprint density at radius 2 is 1.54 bits per heavy atom. The van der Waals surface area contributed by atoms with Crippen molar-refractivity contribution < 1.29 is 0 Å². The van der Waals surface area contributed by atoms with Crippen LogP contribution in [-0.2, 0) is 0 Å². The van der Waals surface area contributed by atoms with E-state index < -0.39 is 0 Å². The zero-order valence-corrected chi connectivity index (χ0v) is 15.2. The lowest BCUT2D eigenvalue weighted by molar-refractivity contribution is 0.886. The van der Waals surface area contributed by atoms with E-state index in [1.54, 1.807) is 0 Å². The minimum atomic E-state index is 0.841. The fourth-order valence-corrected chi connectivity index (χ4v) is 3.46. The van der Waals surface area contributed by atoms with E-state index in [0.717, 1.165) is 48.3 Å². The van der Waals surface area contributed by atoms with Gasteiger partial charge in [-0.25, -0.2) is 4.98 Å². The summed E-state index contributed by atoms with van der Waals surface area (Å²) in [6.45, 7) is 5.09. The Hall–Kier alpha value is -2.88. The van der Waals surface area contributed by atoms with Crippen LogP contribution in [-0.4, -0.2) is 29.6 Å². The number of aromatic nitrogens is 2. The van der Waals surface area contributed by atoms with Crippen LogP contribution in [0.25, 0.3) is 11.3 Å². The van der Waals surface area contributed by atoms with Crippen molar-refractivity contribution in [2.45, 2.75) is 19.8 Å². The maximum atomic E-state index is 4.93. The molecular weight excluding hydrogens is 320 g/mol. The third-order valence-corrected chi connectivity index (χ3v) is 4.82. The molecular formula is C22H24N4. The number of benzene rings is 2. The van der Waals surface area contributed by atoms with Crippen LogP contribution >= 0.6 is 0 Å². The summed E-state index contributed by atoms with van der Waals surface area (Å²) in [4.78, 5) is 14.4. The number of hydrogen-bond donors (Lipinski definition) is 0. The summed E-state index contributed by atoms with van der Waals surface area (Å²) in [7, 11) is 0. The summed E-state index contributed by atoms with van der Waals surface area (Å²) in [6, 6.07) is 22.9. The highest BCUT2D eigenvalue weighted by Crippen LogP contribution is 2.30. The number of hydrogen-bond acceptors (Lipinski definition) is 4. The van der Waals surface area contributed by atoms with Crippen LogP contribution < -0.4 is 9.80 Å². The minimum absolute atomic E-state index is 0.841. The van der Waals surface area contributed by atoms with Crippen LogP contribution in [0.4, 0.5) is 17.5 Å². The minimum Gasteiger partial charge on any atom is -0.341 e. The molecule has 0 saturated carbocycles. The molecule has 1 aliphatic heterocycles. The van der Waals surface area contributed by atoms with Gasteiger partial charge in [-0.1, -0.05) is 48.5 Å². The molecule has 0 radical (unpaired) electrons. The van der Waals surface area contributed by atoms with Crippen LogP contribution in [0.3, 0.4) is 0 Å². The Kier molecular flexibility index (Phi) is 4.82. The van der Waals surface area contributed by atoms with E-state index in [2.05, 4.69) is 71.3 Å². The molecule has 1 aromatic heterocycles. The van der Waals surface area contributed by atoms with Gasteiger partial charge < -0.3 is 9.80 Å². The lowest BCUT2D eigenvalue weighted by Crippen LogP contribution is -2.23. The molecule has 4 rings (SSSR count). The van der Waals surface area contributed by atoms with E-state index in [1.165, 1.54) is 12.8 Å². The molecule has 1 saturated heterocycles.